The van der Waals surface area contributed by atoms with Gasteiger partial charge >= 0.3 is 5.97 Å². The van der Waals surface area contributed by atoms with Crippen molar-refractivity contribution in [2.75, 3.05) is 18.9 Å². The quantitative estimate of drug-likeness (QED) is 0.728. The molecule has 1 fully saturated rings. The first-order chi connectivity index (χ1) is 7.76. The van der Waals surface area contributed by atoms with Crippen molar-refractivity contribution in [1.82, 2.24) is 5.32 Å². The summed E-state index contributed by atoms with van der Waals surface area (Å²) in [6.45, 7) is 5.53. The van der Waals surface area contributed by atoms with Gasteiger partial charge in [-0.25, -0.2) is 0 Å². The minimum Gasteiger partial charge on any atom is -0.465 e. The van der Waals surface area contributed by atoms with Crippen LogP contribution in [0.3, 0.4) is 0 Å². The van der Waals surface area contributed by atoms with Crippen molar-refractivity contribution in [1.29, 1.82) is 0 Å². The number of esters is 1. The molecule has 16 heavy (non-hydrogen) atoms. The smallest absolute Gasteiger partial charge is 0.315 e. The molecule has 1 aliphatic rings. The summed E-state index contributed by atoms with van der Waals surface area (Å²) >= 11 is 1.76. The summed E-state index contributed by atoms with van der Waals surface area (Å²) in [6.07, 6.45) is 4.99. The third-order valence-electron chi connectivity index (χ3n) is 2.86. The molecular weight excluding hydrogens is 222 g/mol. The van der Waals surface area contributed by atoms with Crippen LogP contribution in [-0.4, -0.2) is 36.2 Å². The van der Waals surface area contributed by atoms with Crippen LogP contribution in [-0.2, 0) is 9.53 Å². The van der Waals surface area contributed by atoms with E-state index >= 15 is 0 Å². The van der Waals surface area contributed by atoms with Crippen molar-refractivity contribution in [3.63, 3.8) is 0 Å². The van der Waals surface area contributed by atoms with E-state index in [9.17, 15) is 4.79 Å². The Bertz CT molecular complexity index is 209. The number of ether oxygens (including phenoxy) is 1. The highest BCUT2D eigenvalue weighted by Crippen LogP contribution is 2.28. The maximum Gasteiger partial charge on any atom is 0.315 e. The van der Waals surface area contributed by atoms with Crippen LogP contribution < -0.4 is 5.32 Å². The molecule has 0 aliphatic heterocycles. The number of carbonyl (C=O) groups excluding carboxylic acids is 1. The average molecular weight is 245 g/mol. The van der Waals surface area contributed by atoms with Gasteiger partial charge in [-0.15, -0.1) is 11.8 Å². The predicted octanol–water partition coefficient (Wildman–Crippen LogP) is 2.20. The van der Waals surface area contributed by atoms with E-state index < -0.39 is 0 Å². The molecule has 2 atom stereocenters. The number of hydrogen-bond donors (Lipinski definition) is 1. The van der Waals surface area contributed by atoms with Gasteiger partial charge in [0.2, 0.25) is 0 Å². The molecule has 0 aromatic carbocycles. The molecule has 0 bridgehead atoms. The second-order valence-electron chi connectivity index (χ2n) is 4.16. The van der Waals surface area contributed by atoms with Gasteiger partial charge in [-0.2, -0.15) is 0 Å². The van der Waals surface area contributed by atoms with Gasteiger partial charge in [-0.05, 0) is 32.7 Å². The minimum atomic E-state index is -0.0712. The summed E-state index contributed by atoms with van der Waals surface area (Å²) in [7, 11) is 0. The maximum absolute atomic E-state index is 11.2. The van der Waals surface area contributed by atoms with E-state index in [1.807, 2.05) is 6.92 Å². The highest BCUT2D eigenvalue weighted by molar-refractivity contribution is 8.00. The molecule has 2 unspecified atom stereocenters. The van der Waals surface area contributed by atoms with E-state index in [0.29, 0.717) is 23.7 Å². The molecular formula is C12H23NO2S. The standard InChI is InChI=1S/C12H23NO2S/c1-3-13-10-6-5-7-11(8-10)16-9-12(14)15-4-2/h10-11,13H,3-9H2,1-2H3. The van der Waals surface area contributed by atoms with Gasteiger partial charge in [-0.3, -0.25) is 4.79 Å². The van der Waals surface area contributed by atoms with Crippen LogP contribution >= 0.6 is 11.8 Å². The molecule has 0 radical (unpaired) electrons. The Kier molecular flexibility index (Phi) is 6.88. The van der Waals surface area contributed by atoms with E-state index in [1.165, 1.54) is 25.7 Å². The van der Waals surface area contributed by atoms with E-state index in [4.69, 9.17) is 4.74 Å². The number of nitrogens with one attached hydrogen (secondary N) is 1. The van der Waals surface area contributed by atoms with Gasteiger partial charge in [0.25, 0.3) is 0 Å². The summed E-state index contributed by atoms with van der Waals surface area (Å²) in [5.41, 5.74) is 0. The highest BCUT2D eigenvalue weighted by Gasteiger charge is 2.22. The molecule has 0 aromatic heterocycles. The van der Waals surface area contributed by atoms with Crippen molar-refractivity contribution in [2.45, 2.75) is 50.8 Å². The maximum atomic E-state index is 11.2. The van der Waals surface area contributed by atoms with Crippen LogP contribution in [0, 0.1) is 0 Å². The molecule has 1 rings (SSSR count). The lowest BCUT2D eigenvalue weighted by atomic mass is 9.95. The first kappa shape index (κ1) is 13.8. The van der Waals surface area contributed by atoms with Crippen molar-refractivity contribution >= 4 is 17.7 Å². The summed E-state index contributed by atoms with van der Waals surface area (Å²) in [4.78, 5) is 11.2. The second kappa shape index (κ2) is 7.96. The molecule has 1 saturated carbocycles. The lowest BCUT2D eigenvalue weighted by molar-refractivity contribution is -0.139. The third-order valence-corrected chi connectivity index (χ3v) is 4.16. The molecule has 0 spiro atoms. The molecule has 1 aliphatic carbocycles. The van der Waals surface area contributed by atoms with Gasteiger partial charge < -0.3 is 10.1 Å². The van der Waals surface area contributed by atoms with Crippen molar-refractivity contribution in [3.8, 4) is 0 Å². The lowest BCUT2D eigenvalue weighted by Crippen LogP contribution is -2.35. The number of rotatable bonds is 6. The Morgan fingerprint density at radius 2 is 2.25 bits per heavy atom. The Balaban J connectivity index is 2.18. The fraction of sp³-hybridized carbons (Fsp3) is 0.917. The molecule has 0 amide bonds. The van der Waals surface area contributed by atoms with Crippen LogP contribution in [0.15, 0.2) is 0 Å². The van der Waals surface area contributed by atoms with Gasteiger partial charge in [0.05, 0.1) is 12.4 Å². The zero-order valence-electron chi connectivity index (χ0n) is 10.3. The third kappa shape index (κ3) is 5.21. The van der Waals surface area contributed by atoms with Crippen molar-refractivity contribution < 1.29 is 9.53 Å². The average Bonchev–Trinajstić information content (AvgIpc) is 2.28. The van der Waals surface area contributed by atoms with Gasteiger partial charge in [0.1, 0.15) is 0 Å². The largest absolute Gasteiger partial charge is 0.465 e. The second-order valence-corrected chi connectivity index (χ2v) is 5.45. The molecule has 4 heteroatoms. The SMILES string of the molecule is CCNC1CCCC(SCC(=O)OCC)C1. The van der Waals surface area contributed by atoms with E-state index in [1.54, 1.807) is 11.8 Å². The van der Waals surface area contributed by atoms with Crippen LogP contribution in [0.5, 0.6) is 0 Å². The van der Waals surface area contributed by atoms with Crippen molar-refractivity contribution in [2.24, 2.45) is 0 Å². The number of carbonyl (C=O) groups is 1. The molecule has 0 aromatic rings. The fourth-order valence-electron chi connectivity index (χ4n) is 2.16. The topological polar surface area (TPSA) is 38.3 Å². The first-order valence-electron chi connectivity index (χ1n) is 6.26. The summed E-state index contributed by atoms with van der Waals surface area (Å²) in [5.74, 6) is 0.440. The first-order valence-corrected chi connectivity index (χ1v) is 7.31. The van der Waals surface area contributed by atoms with Gasteiger partial charge in [0.15, 0.2) is 0 Å². The van der Waals surface area contributed by atoms with E-state index in [-0.39, 0.29) is 5.97 Å². The summed E-state index contributed by atoms with van der Waals surface area (Å²) < 4.78 is 4.93. The zero-order valence-corrected chi connectivity index (χ0v) is 11.1. The zero-order chi connectivity index (χ0) is 11.8. The molecule has 94 valence electrons. The Labute approximate surface area is 103 Å². The Hall–Kier alpha value is -0.220. The Morgan fingerprint density at radius 3 is 2.94 bits per heavy atom. The van der Waals surface area contributed by atoms with Crippen LogP contribution in [0.25, 0.3) is 0 Å². The molecule has 1 N–H and O–H groups in total. The predicted molar refractivity (Wildman–Crippen MR) is 68.8 cm³/mol. The molecule has 0 saturated heterocycles. The van der Waals surface area contributed by atoms with Gasteiger partial charge in [0, 0.05) is 11.3 Å². The normalized spacial score (nSPS) is 25.4. The summed E-state index contributed by atoms with van der Waals surface area (Å²) in [6, 6.07) is 0.651. The van der Waals surface area contributed by atoms with E-state index in [0.717, 1.165) is 6.54 Å². The number of hydrogen-bond acceptors (Lipinski definition) is 4. The Morgan fingerprint density at radius 1 is 1.44 bits per heavy atom. The lowest BCUT2D eigenvalue weighted by Gasteiger charge is -2.29. The van der Waals surface area contributed by atoms with Crippen molar-refractivity contribution in [3.05, 3.63) is 0 Å². The van der Waals surface area contributed by atoms with Crippen LogP contribution in [0.1, 0.15) is 39.5 Å². The highest BCUT2D eigenvalue weighted by atomic mass is 32.2. The van der Waals surface area contributed by atoms with Crippen LogP contribution in [0.2, 0.25) is 0 Å². The monoisotopic (exact) mass is 245 g/mol. The van der Waals surface area contributed by atoms with Crippen LogP contribution in [0.4, 0.5) is 0 Å². The minimum absolute atomic E-state index is 0.0712. The molecule has 0 heterocycles. The number of thioether (sulfide) groups is 1. The van der Waals surface area contributed by atoms with Gasteiger partial charge in [-0.1, -0.05) is 13.3 Å². The summed E-state index contributed by atoms with van der Waals surface area (Å²) in [5, 5.41) is 4.12. The van der Waals surface area contributed by atoms with E-state index in [2.05, 4.69) is 12.2 Å². The fourth-order valence-corrected chi connectivity index (χ4v) is 3.32. The molecule has 3 nitrogen and oxygen atoms in total.